The van der Waals surface area contributed by atoms with Crippen molar-refractivity contribution in [2.75, 3.05) is 5.32 Å². The van der Waals surface area contributed by atoms with Crippen LogP contribution in [0.5, 0.6) is 0 Å². The van der Waals surface area contributed by atoms with Gasteiger partial charge in [-0.25, -0.2) is 9.37 Å². The predicted molar refractivity (Wildman–Crippen MR) is 84.9 cm³/mol. The quantitative estimate of drug-likeness (QED) is 0.647. The van der Waals surface area contributed by atoms with E-state index in [1.54, 1.807) is 18.2 Å². The molecule has 106 valence electrons. The molecule has 0 saturated carbocycles. The van der Waals surface area contributed by atoms with Crippen LogP contribution in [0.3, 0.4) is 0 Å². The molecular formula is C14H12BClFN3O. The largest absolute Gasteiger partial charge is 0.392 e. The number of H-pyrrole nitrogens is 1. The average molecular weight is 304 g/mol. The van der Waals surface area contributed by atoms with Gasteiger partial charge in [-0.1, -0.05) is 23.1 Å². The summed E-state index contributed by atoms with van der Waals surface area (Å²) in [6.45, 7) is -0.294. The SMILES string of the molecule is Bc1ccc(Nc2c(CO)cc3[nH]cnc3c2F)c(Cl)c1. The fraction of sp³-hybridized carbons (Fsp3) is 0.0714. The number of anilines is 2. The molecule has 0 fully saturated rings. The van der Waals surface area contributed by atoms with Crippen molar-refractivity contribution in [3.63, 3.8) is 0 Å². The Balaban J connectivity index is 2.12. The van der Waals surface area contributed by atoms with E-state index in [1.807, 2.05) is 13.9 Å². The molecule has 3 aromatic rings. The Hall–Kier alpha value is -2.05. The van der Waals surface area contributed by atoms with E-state index in [4.69, 9.17) is 11.6 Å². The van der Waals surface area contributed by atoms with Crippen LogP contribution >= 0.6 is 11.6 Å². The highest BCUT2D eigenvalue weighted by atomic mass is 35.5. The standard InChI is InChI=1S/C14H12BClFN3O/c15-8-1-2-10(9(16)4-8)20-13-7(5-21)3-11-14(12(13)17)19-6-18-11/h1-4,6,20-21H,5,15H2,(H,18,19). The molecule has 0 amide bonds. The minimum Gasteiger partial charge on any atom is -0.392 e. The summed E-state index contributed by atoms with van der Waals surface area (Å²) < 4.78 is 14.5. The van der Waals surface area contributed by atoms with Gasteiger partial charge in [0.15, 0.2) is 5.82 Å². The third kappa shape index (κ3) is 2.48. The number of aliphatic hydroxyl groups is 1. The molecule has 0 radical (unpaired) electrons. The van der Waals surface area contributed by atoms with E-state index in [2.05, 4.69) is 15.3 Å². The first-order chi connectivity index (χ1) is 10.1. The van der Waals surface area contributed by atoms with Crippen LogP contribution in [0.4, 0.5) is 15.8 Å². The van der Waals surface area contributed by atoms with Gasteiger partial charge in [-0.05, 0) is 18.2 Å². The Kier molecular flexibility index (Phi) is 3.57. The molecule has 0 bridgehead atoms. The number of aromatic amines is 1. The number of benzene rings is 2. The van der Waals surface area contributed by atoms with Crippen molar-refractivity contribution < 1.29 is 9.50 Å². The number of rotatable bonds is 3. The molecular weight excluding hydrogens is 291 g/mol. The fourth-order valence-electron chi connectivity index (χ4n) is 2.21. The molecule has 21 heavy (non-hydrogen) atoms. The van der Waals surface area contributed by atoms with Gasteiger partial charge in [0, 0.05) is 5.56 Å². The first-order valence-electron chi connectivity index (χ1n) is 6.38. The number of hydrogen-bond donors (Lipinski definition) is 3. The van der Waals surface area contributed by atoms with Gasteiger partial charge in [0.2, 0.25) is 0 Å². The Morgan fingerprint density at radius 3 is 2.90 bits per heavy atom. The van der Waals surface area contributed by atoms with Crippen LogP contribution in [0.2, 0.25) is 5.02 Å². The van der Waals surface area contributed by atoms with Crippen LogP contribution in [-0.4, -0.2) is 22.9 Å². The summed E-state index contributed by atoms with van der Waals surface area (Å²) in [6, 6.07) is 7.09. The van der Waals surface area contributed by atoms with Gasteiger partial charge in [-0.2, -0.15) is 0 Å². The Labute approximate surface area is 126 Å². The first kappa shape index (κ1) is 13.9. The molecule has 3 N–H and O–H groups in total. The summed E-state index contributed by atoms with van der Waals surface area (Å²) in [7, 11) is 1.92. The van der Waals surface area contributed by atoms with E-state index < -0.39 is 5.82 Å². The lowest BCUT2D eigenvalue weighted by molar-refractivity contribution is 0.282. The number of nitrogens with zero attached hydrogens (tertiary/aromatic N) is 1. The number of aromatic nitrogens is 2. The maximum Gasteiger partial charge on any atom is 0.174 e. The van der Waals surface area contributed by atoms with Crippen molar-refractivity contribution in [1.82, 2.24) is 9.97 Å². The Morgan fingerprint density at radius 2 is 2.19 bits per heavy atom. The maximum absolute atomic E-state index is 14.5. The number of hydrogen-bond acceptors (Lipinski definition) is 3. The molecule has 0 unspecified atom stereocenters. The van der Waals surface area contributed by atoms with Gasteiger partial charge >= 0.3 is 0 Å². The molecule has 0 aliphatic carbocycles. The molecule has 0 saturated heterocycles. The van der Waals surface area contributed by atoms with Gasteiger partial charge in [0.25, 0.3) is 0 Å². The van der Waals surface area contributed by atoms with Gasteiger partial charge in [0.05, 0.1) is 34.8 Å². The third-order valence-electron chi connectivity index (χ3n) is 3.29. The van der Waals surface area contributed by atoms with E-state index in [9.17, 15) is 9.50 Å². The van der Waals surface area contributed by atoms with Crippen molar-refractivity contribution in [1.29, 1.82) is 0 Å². The first-order valence-corrected chi connectivity index (χ1v) is 6.76. The number of imidazole rings is 1. The van der Waals surface area contributed by atoms with Crippen LogP contribution in [0.25, 0.3) is 11.0 Å². The molecule has 3 rings (SSSR count). The topological polar surface area (TPSA) is 60.9 Å². The van der Waals surface area contributed by atoms with E-state index in [0.29, 0.717) is 21.8 Å². The second kappa shape index (κ2) is 5.39. The third-order valence-corrected chi connectivity index (χ3v) is 3.60. The highest BCUT2D eigenvalue weighted by molar-refractivity contribution is 6.37. The molecule has 0 aliphatic heterocycles. The Morgan fingerprint density at radius 1 is 1.38 bits per heavy atom. The van der Waals surface area contributed by atoms with Crippen LogP contribution < -0.4 is 10.8 Å². The van der Waals surface area contributed by atoms with Gasteiger partial charge in [0.1, 0.15) is 13.4 Å². The number of fused-ring (bicyclic) bond motifs is 1. The van der Waals surface area contributed by atoms with Crippen molar-refractivity contribution in [2.24, 2.45) is 0 Å². The van der Waals surface area contributed by atoms with Gasteiger partial charge in [-0.3, -0.25) is 0 Å². The molecule has 7 heteroatoms. The summed E-state index contributed by atoms with van der Waals surface area (Å²) >= 11 is 6.16. The van der Waals surface area contributed by atoms with E-state index in [1.165, 1.54) is 6.33 Å². The van der Waals surface area contributed by atoms with Crippen molar-refractivity contribution in [3.05, 3.63) is 47.0 Å². The zero-order valence-corrected chi connectivity index (χ0v) is 12.0. The maximum atomic E-state index is 14.5. The van der Waals surface area contributed by atoms with Crippen molar-refractivity contribution in [2.45, 2.75) is 6.61 Å². The number of nitrogens with one attached hydrogen (secondary N) is 2. The average Bonchev–Trinajstić information content (AvgIpc) is 2.92. The lowest BCUT2D eigenvalue weighted by atomic mass is 9.96. The van der Waals surface area contributed by atoms with Crippen LogP contribution in [0.15, 0.2) is 30.6 Å². The van der Waals surface area contributed by atoms with Crippen molar-refractivity contribution >= 4 is 47.3 Å². The fourth-order valence-corrected chi connectivity index (χ4v) is 2.49. The van der Waals surface area contributed by atoms with Crippen LogP contribution in [-0.2, 0) is 6.61 Å². The molecule has 0 atom stereocenters. The second-order valence-electron chi connectivity index (χ2n) is 4.79. The van der Waals surface area contributed by atoms with Gasteiger partial charge in [-0.15, -0.1) is 0 Å². The lowest BCUT2D eigenvalue weighted by Crippen LogP contribution is -2.05. The predicted octanol–water partition coefficient (Wildman–Crippen LogP) is 1.85. The molecule has 1 aromatic heterocycles. The second-order valence-corrected chi connectivity index (χ2v) is 5.20. The lowest BCUT2D eigenvalue weighted by Gasteiger charge is -2.14. The minimum atomic E-state index is -0.519. The van der Waals surface area contributed by atoms with E-state index in [0.717, 1.165) is 5.46 Å². The molecule has 0 spiro atoms. The molecule has 0 aliphatic rings. The smallest absolute Gasteiger partial charge is 0.174 e. The van der Waals surface area contributed by atoms with Crippen LogP contribution in [0.1, 0.15) is 5.56 Å². The monoisotopic (exact) mass is 303 g/mol. The molecule has 2 aromatic carbocycles. The molecule has 1 heterocycles. The minimum absolute atomic E-state index is 0.183. The summed E-state index contributed by atoms with van der Waals surface area (Å²) in [5.41, 5.74) is 2.96. The summed E-state index contributed by atoms with van der Waals surface area (Å²) in [4.78, 5) is 6.78. The summed E-state index contributed by atoms with van der Waals surface area (Å²) in [6.07, 6.45) is 1.41. The van der Waals surface area contributed by atoms with E-state index in [-0.39, 0.29) is 17.8 Å². The highest BCUT2D eigenvalue weighted by Crippen LogP contribution is 2.32. The zero-order chi connectivity index (χ0) is 15.0. The zero-order valence-electron chi connectivity index (χ0n) is 11.2. The number of aliphatic hydroxyl groups excluding tert-OH is 1. The normalized spacial score (nSPS) is 11.0. The Bertz CT molecular complexity index is 821. The summed E-state index contributed by atoms with van der Waals surface area (Å²) in [5, 5.41) is 12.9. The van der Waals surface area contributed by atoms with E-state index >= 15 is 0 Å². The van der Waals surface area contributed by atoms with Crippen molar-refractivity contribution in [3.8, 4) is 0 Å². The highest BCUT2D eigenvalue weighted by Gasteiger charge is 2.16. The van der Waals surface area contributed by atoms with Gasteiger partial charge < -0.3 is 15.4 Å². The summed E-state index contributed by atoms with van der Waals surface area (Å²) in [5.74, 6) is -0.519. The van der Waals surface area contributed by atoms with Crippen LogP contribution in [0, 0.1) is 5.82 Å². The number of halogens is 2. The molecule has 4 nitrogen and oxygen atoms in total.